The number of carbonyl (C=O) groups is 1. The van der Waals surface area contributed by atoms with Gasteiger partial charge in [0.2, 0.25) is 5.91 Å². The molecule has 72 valence electrons. The van der Waals surface area contributed by atoms with Crippen molar-refractivity contribution >= 4 is 5.91 Å². The lowest BCUT2D eigenvalue weighted by molar-refractivity contribution is 0.0755. The molecule has 0 saturated carbocycles. The van der Waals surface area contributed by atoms with E-state index >= 15 is 0 Å². The third-order valence-corrected chi connectivity index (χ3v) is 1.61. The van der Waals surface area contributed by atoms with Gasteiger partial charge >= 0.3 is 5.76 Å². The van der Waals surface area contributed by atoms with Gasteiger partial charge in [0.15, 0.2) is 5.82 Å². The molecule has 13 heavy (non-hydrogen) atoms. The van der Waals surface area contributed by atoms with E-state index in [1.165, 1.54) is 0 Å². The quantitative estimate of drug-likeness (QED) is 0.599. The Bertz CT molecular complexity index is 381. The first kappa shape index (κ1) is 9.70. The van der Waals surface area contributed by atoms with Crippen LogP contribution in [0.1, 0.15) is 31.4 Å². The molecule has 5 nitrogen and oxygen atoms in total. The second-order valence-corrected chi connectivity index (χ2v) is 3.89. The highest BCUT2D eigenvalue weighted by Gasteiger charge is 2.27. The van der Waals surface area contributed by atoms with E-state index in [0.717, 1.165) is 4.57 Å². The van der Waals surface area contributed by atoms with Crippen LogP contribution in [-0.4, -0.2) is 15.6 Å². The summed E-state index contributed by atoms with van der Waals surface area (Å²) in [5.74, 6) is -0.751. The Hall–Kier alpha value is -1.39. The molecule has 0 aliphatic carbocycles. The van der Waals surface area contributed by atoms with Crippen LogP contribution in [0.5, 0.6) is 0 Å². The zero-order valence-corrected chi connectivity index (χ0v) is 8.12. The molecule has 1 heterocycles. The van der Waals surface area contributed by atoms with Crippen molar-refractivity contribution in [3.63, 3.8) is 0 Å². The summed E-state index contributed by atoms with van der Waals surface area (Å²) in [5.41, 5.74) is -0.611. The van der Waals surface area contributed by atoms with E-state index in [1.807, 2.05) is 0 Å². The number of rotatable bonds is 0. The van der Waals surface area contributed by atoms with E-state index in [1.54, 1.807) is 27.7 Å². The van der Waals surface area contributed by atoms with Gasteiger partial charge in [-0.15, -0.1) is 0 Å². The highest BCUT2D eigenvalue weighted by Crippen LogP contribution is 2.15. The molecule has 0 atom stereocenters. The molecular formula is C8H12N2O3. The van der Waals surface area contributed by atoms with Crippen molar-refractivity contribution < 1.29 is 9.32 Å². The second-order valence-electron chi connectivity index (χ2n) is 3.89. The van der Waals surface area contributed by atoms with Crippen molar-refractivity contribution in [2.45, 2.75) is 27.7 Å². The van der Waals surface area contributed by atoms with Gasteiger partial charge in [0.05, 0.1) is 0 Å². The third kappa shape index (κ3) is 1.68. The molecule has 0 bridgehead atoms. The fourth-order valence-electron chi connectivity index (χ4n) is 0.884. The summed E-state index contributed by atoms with van der Waals surface area (Å²) in [6, 6.07) is 0. The Morgan fingerprint density at radius 3 is 2.31 bits per heavy atom. The minimum atomic E-state index is -0.725. The highest BCUT2D eigenvalue weighted by molar-refractivity contribution is 5.83. The van der Waals surface area contributed by atoms with E-state index < -0.39 is 11.2 Å². The fourth-order valence-corrected chi connectivity index (χ4v) is 0.884. The SMILES string of the molecule is Cc1noc(=O)n1C(=O)C(C)(C)C. The summed E-state index contributed by atoms with van der Waals surface area (Å²) in [7, 11) is 0. The summed E-state index contributed by atoms with van der Waals surface area (Å²) in [6.45, 7) is 6.74. The van der Waals surface area contributed by atoms with Crippen molar-refractivity contribution in [2.24, 2.45) is 5.41 Å². The maximum Gasteiger partial charge on any atom is 0.448 e. The van der Waals surface area contributed by atoms with Crippen LogP contribution in [0.3, 0.4) is 0 Å². The zero-order chi connectivity index (χ0) is 10.2. The van der Waals surface area contributed by atoms with Crippen LogP contribution in [0.25, 0.3) is 0 Å². The first-order valence-electron chi connectivity index (χ1n) is 3.94. The van der Waals surface area contributed by atoms with Gasteiger partial charge in [0.1, 0.15) is 0 Å². The molecule has 0 aromatic carbocycles. The smallest absolute Gasteiger partial charge is 0.295 e. The first-order chi connectivity index (χ1) is 5.84. The van der Waals surface area contributed by atoms with E-state index in [4.69, 9.17) is 0 Å². The topological polar surface area (TPSA) is 65.1 Å². The van der Waals surface area contributed by atoms with Crippen molar-refractivity contribution in [3.05, 3.63) is 16.4 Å². The number of aromatic nitrogens is 2. The van der Waals surface area contributed by atoms with E-state index in [9.17, 15) is 9.59 Å². The van der Waals surface area contributed by atoms with E-state index in [0.29, 0.717) is 0 Å². The average Bonchev–Trinajstić information content (AvgIpc) is 2.28. The Balaban J connectivity index is 3.24. The average molecular weight is 184 g/mol. The van der Waals surface area contributed by atoms with Crippen LogP contribution in [0.2, 0.25) is 0 Å². The lowest BCUT2D eigenvalue weighted by atomic mass is 9.95. The summed E-state index contributed by atoms with van der Waals surface area (Å²) in [4.78, 5) is 22.7. The number of hydrogen-bond donors (Lipinski definition) is 0. The van der Waals surface area contributed by atoms with Gasteiger partial charge in [-0.2, -0.15) is 4.57 Å². The molecule has 5 heteroatoms. The maximum absolute atomic E-state index is 11.6. The predicted molar refractivity (Wildman–Crippen MR) is 45.6 cm³/mol. The first-order valence-corrected chi connectivity index (χ1v) is 3.94. The summed E-state index contributed by atoms with van der Waals surface area (Å²) in [6.07, 6.45) is 0. The third-order valence-electron chi connectivity index (χ3n) is 1.61. The van der Waals surface area contributed by atoms with Gasteiger partial charge in [0.25, 0.3) is 0 Å². The predicted octanol–water partition coefficient (Wildman–Crippen LogP) is 0.831. The van der Waals surface area contributed by atoms with Gasteiger partial charge in [-0.25, -0.2) is 4.79 Å². The number of carbonyl (C=O) groups excluding carboxylic acids is 1. The normalized spacial score (nSPS) is 11.7. The van der Waals surface area contributed by atoms with Gasteiger partial charge in [-0.05, 0) is 6.92 Å². The van der Waals surface area contributed by atoms with Gasteiger partial charge in [-0.1, -0.05) is 25.9 Å². The molecule has 0 fully saturated rings. The summed E-state index contributed by atoms with van der Waals surface area (Å²) < 4.78 is 5.29. The van der Waals surface area contributed by atoms with Crippen molar-refractivity contribution in [1.82, 2.24) is 9.72 Å². The van der Waals surface area contributed by atoms with E-state index in [2.05, 4.69) is 9.68 Å². The lowest BCUT2D eigenvalue weighted by Crippen LogP contribution is -2.33. The van der Waals surface area contributed by atoms with Crippen molar-refractivity contribution in [3.8, 4) is 0 Å². The van der Waals surface area contributed by atoms with Crippen LogP contribution in [0.4, 0.5) is 0 Å². The standard InChI is InChI=1S/C8H12N2O3/c1-5-9-13-7(12)10(5)6(11)8(2,3)4/h1-4H3. The second kappa shape index (κ2) is 2.83. The minimum Gasteiger partial charge on any atom is -0.295 e. The van der Waals surface area contributed by atoms with Crippen molar-refractivity contribution in [2.75, 3.05) is 0 Å². The van der Waals surface area contributed by atoms with Gasteiger partial charge < -0.3 is 0 Å². The monoisotopic (exact) mass is 184 g/mol. The molecule has 0 aliphatic rings. The number of hydrogen-bond acceptors (Lipinski definition) is 4. The lowest BCUT2D eigenvalue weighted by Gasteiger charge is -2.15. The van der Waals surface area contributed by atoms with Gasteiger partial charge in [0, 0.05) is 5.41 Å². The number of nitrogens with zero attached hydrogens (tertiary/aromatic N) is 2. The van der Waals surface area contributed by atoms with Crippen LogP contribution in [-0.2, 0) is 0 Å². The molecule has 1 aromatic heterocycles. The highest BCUT2D eigenvalue weighted by atomic mass is 16.5. The molecule has 0 saturated heterocycles. The molecular weight excluding hydrogens is 172 g/mol. The number of aryl methyl sites for hydroxylation is 1. The van der Waals surface area contributed by atoms with Crippen LogP contribution >= 0.6 is 0 Å². The fraction of sp³-hybridized carbons (Fsp3) is 0.625. The Kier molecular flexibility index (Phi) is 2.11. The molecule has 0 aliphatic heterocycles. The maximum atomic E-state index is 11.6. The summed E-state index contributed by atoms with van der Waals surface area (Å²) in [5, 5.41) is 3.41. The minimum absolute atomic E-state index is 0.282. The Morgan fingerprint density at radius 1 is 1.46 bits per heavy atom. The Labute approximate surface area is 75.3 Å². The molecule has 0 N–H and O–H groups in total. The molecule has 0 radical (unpaired) electrons. The van der Waals surface area contributed by atoms with Crippen LogP contribution < -0.4 is 5.76 Å². The van der Waals surface area contributed by atoms with Crippen molar-refractivity contribution in [1.29, 1.82) is 0 Å². The molecule has 1 aromatic rings. The van der Waals surface area contributed by atoms with Crippen LogP contribution in [0, 0.1) is 12.3 Å². The Morgan fingerprint density at radius 2 is 2.00 bits per heavy atom. The van der Waals surface area contributed by atoms with Gasteiger partial charge in [-0.3, -0.25) is 9.32 Å². The largest absolute Gasteiger partial charge is 0.448 e. The molecule has 0 amide bonds. The van der Waals surface area contributed by atoms with E-state index in [-0.39, 0.29) is 11.7 Å². The zero-order valence-electron chi connectivity index (χ0n) is 8.12. The molecule has 0 spiro atoms. The summed E-state index contributed by atoms with van der Waals surface area (Å²) >= 11 is 0. The van der Waals surface area contributed by atoms with Crippen LogP contribution in [0.15, 0.2) is 9.32 Å². The molecule has 0 unspecified atom stereocenters. The molecule has 1 rings (SSSR count).